The molecule has 0 spiro atoms. The van der Waals surface area contributed by atoms with E-state index in [4.69, 9.17) is 9.47 Å². The molecule has 1 N–H and O–H groups in total. The fourth-order valence-corrected chi connectivity index (χ4v) is 2.92. The Labute approximate surface area is 178 Å². The van der Waals surface area contributed by atoms with E-state index in [1.165, 1.54) is 6.08 Å². The highest BCUT2D eigenvalue weighted by Gasteiger charge is 2.12. The number of ether oxygens (including phenoxy) is 2. The lowest BCUT2D eigenvalue weighted by atomic mass is 10.1. The maximum atomic E-state index is 12.3. The molecule has 0 aliphatic rings. The van der Waals surface area contributed by atoms with E-state index in [1.54, 1.807) is 35.2 Å². The SMILES string of the molecule is CCOc1ccc(/C=C/C(=O)Nc2ccc(C(=O)N(CC)CC)cc2)cc1OCC. The van der Waals surface area contributed by atoms with Crippen molar-refractivity contribution in [3.05, 3.63) is 59.7 Å². The molecule has 0 atom stereocenters. The van der Waals surface area contributed by atoms with Crippen LogP contribution in [0.2, 0.25) is 0 Å². The Hall–Kier alpha value is -3.28. The van der Waals surface area contributed by atoms with Gasteiger partial charge in [-0.25, -0.2) is 0 Å². The zero-order chi connectivity index (χ0) is 21.9. The molecule has 6 nitrogen and oxygen atoms in total. The van der Waals surface area contributed by atoms with Gasteiger partial charge in [0.05, 0.1) is 13.2 Å². The number of carbonyl (C=O) groups is 2. The Morgan fingerprint density at radius 3 is 2.13 bits per heavy atom. The Kier molecular flexibility index (Phi) is 8.94. The molecule has 6 heteroatoms. The van der Waals surface area contributed by atoms with Crippen molar-refractivity contribution in [2.75, 3.05) is 31.6 Å². The number of nitrogens with one attached hydrogen (secondary N) is 1. The number of benzene rings is 2. The molecule has 2 amide bonds. The van der Waals surface area contributed by atoms with Gasteiger partial charge in [0.25, 0.3) is 5.91 Å². The van der Waals surface area contributed by atoms with E-state index >= 15 is 0 Å². The molecule has 2 aromatic rings. The van der Waals surface area contributed by atoms with Crippen molar-refractivity contribution in [1.29, 1.82) is 0 Å². The van der Waals surface area contributed by atoms with Gasteiger partial charge in [0.15, 0.2) is 11.5 Å². The smallest absolute Gasteiger partial charge is 0.253 e. The third kappa shape index (κ3) is 6.37. The van der Waals surface area contributed by atoms with Gasteiger partial charge >= 0.3 is 0 Å². The van der Waals surface area contributed by atoms with Crippen LogP contribution in [0.25, 0.3) is 6.08 Å². The van der Waals surface area contributed by atoms with E-state index in [-0.39, 0.29) is 11.8 Å². The Bertz CT molecular complexity index is 871. The standard InChI is InChI=1S/C24H30N2O4/c1-5-26(6-2)24(28)19-11-13-20(14-12-19)25-23(27)16-10-18-9-15-21(29-7-3)22(17-18)30-8-4/h9-17H,5-8H2,1-4H3,(H,25,27)/b16-10+. The summed E-state index contributed by atoms with van der Waals surface area (Å²) >= 11 is 0. The minimum atomic E-state index is -0.260. The van der Waals surface area contributed by atoms with Crippen molar-refractivity contribution < 1.29 is 19.1 Å². The van der Waals surface area contributed by atoms with Crippen LogP contribution >= 0.6 is 0 Å². The molecule has 0 aliphatic heterocycles. The van der Waals surface area contributed by atoms with Crippen LogP contribution in [0.3, 0.4) is 0 Å². The normalized spacial score (nSPS) is 10.7. The van der Waals surface area contributed by atoms with Crippen molar-refractivity contribution in [3.8, 4) is 11.5 Å². The summed E-state index contributed by atoms with van der Waals surface area (Å²) in [5.74, 6) is 1.05. The number of hydrogen-bond donors (Lipinski definition) is 1. The summed E-state index contributed by atoms with van der Waals surface area (Å²) in [6, 6.07) is 12.4. The van der Waals surface area contributed by atoms with Crippen LogP contribution in [0.4, 0.5) is 5.69 Å². The molecule has 160 valence electrons. The van der Waals surface area contributed by atoms with Crippen LogP contribution in [-0.4, -0.2) is 43.0 Å². The van der Waals surface area contributed by atoms with Crippen LogP contribution in [0.15, 0.2) is 48.5 Å². The first-order valence-electron chi connectivity index (χ1n) is 10.3. The maximum Gasteiger partial charge on any atom is 0.253 e. The zero-order valence-corrected chi connectivity index (χ0v) is 18.1. The number of anilines is 1. The molecule has 0 unspecified atom stereocenters. The predicted molar refractivity (Wildman–Crippen MR) is 120 cm³/mol. The molecule has 0 bridgehead atoms. The lowest BCUT2D eigenvalue weighted by Gasteiger charge is -2.18. The monoisotopic (exact) mass is 410 g/mol. The van der Waals surface area contributed by atoms with Crippen molar-refractivity contribution in [2.45, 2.75) is 27.7 Å². The Balaban J connectivity index is 2.02. The largest absolute Gasteiger partial charge is 0.490 e. The average Bonchev–Trinajstić information content (AvgIpc) is 2.75. The fourth-order valence-electron chi connectivity index (χ4n) is 2.92. The molecule has 0 saturated carbocycles. The molecular formula is C24H30N2O4. The molecule has 0 heterocycles. The summed E-state index contributed by atoms with van der Waals surface area (Å²) in [5, 5.41) is 2.80. The molecule has 0 aliphatic carbocycles. The fraction of sp³-hybridized carbons (Fsp3) is 0.333. The van der Waals surface area contributed by atoms with Gasteiger partial charge in [-0.3, -0.25) is 9.59 Å². The molecule has 0 aromatic heterocycles. The Morgan fingerprint density at radius 2 is 1.53 bits per heavy atom. The van der Waals surface area contributed by atoms with Gasteiger partial charge in [-0.1, -0.05) is 6.07 Å². The second-order valence-corrected chi connectivity index (χ2v) is 6.45. The summed E-state index contributed by atoms with van der Waals surface area (Å²) in [5.41, 5.74) is 2.06. The quantitative estimate of drug-likeness (QED) is 0.581. The van der Waals surface area contributed by atoms with Crippen LogP contribution < -0.4 is 14.8 Å². The molecule has 2 rings (SSSR count). The predicted octanol–water partition coefficient (Wildman–Crippen LogP) is 4.62. The van der Waals surface area contributed by atoms with Crippen LogP contribution in [-0.2, 0) is 4.79 Å². The minimum absolute atomic E-state index is 0.0154. The molecule has 30 heavy (non-hydrogen) atoms. The van der Waals surface area contributed by atoms with Gasteiger partial charge in [0.1, 0.15) is 0 Å². The molecule has 0 saturated heterocycles. The highest BCUT2D eigenvalue weighted by atomic mass is 16.5. The summed E-state index contributed by atoms with van der Waals surface area (Å²) in [6.45, 7) is 10.1. The number of amides is 2. The average molecular weight is 411 g/mol. The summed E-state index contributed by atoms with van der Waals surface area (Å²) in [4.78, 5) is 26.4. The maximum absolute atomic E-state index is 12.3. The molecule has 0 fully saturated rings. The molecule has 2 aromatic carbocycles. The number of nitrogens with zero attached hydrogens (tertiary/aromatic N) is 1. The first kappa shape index (κ1) is 23.0. The first-order chi connectivity index (χ1) is 14.5. The topological polar surface area (TPSA) is 67.9 Å². The van der Waals surface area contributed by atoms with Crippen LogP contribution in [0, 0.1) is 0 Å². The van der Waals surface area contributed by atoms with Crippen LogP contribution in [0.5, 0.6) is 11.5 Å². The number of rotatable bonds is 10. The van der Waals surface area contributed by atoms with E-state index in [2.05, 4.69) is 5.32 Å². The van der Waals surface area contributed by atoms with E-state index in [1.807, 2.05) is 45.9 Å². The molecule has 0 radical (unpaired) electrons. The number of hydrogen-bond acceptors (Lipinski definition) is 4. The second kappa shape index (κ2) is 11.7. The second-order valence-electron chi connectivity index (χ2n) is 6.45. The van der Waals surface area contributed by atoms with Crippen LogP contribution in [0.1, 0.15) is 43.6 Å². The number of carbonyl (C=O) groups excluding carboxylic acids is 2. The van der Waals surface area contributed by atoms with E-state index < -0.39 is 0 Å². The lowest BCUT2D eigenvalue weighted by Crippen LogP contribution is -2.30. The zero-order valence-electron chi connectivity index (χ0n) is 18.1. The van der Waals surface area contributed by atoms with Gasteiger partial charge in [-0.2, -0.15) is 0 Å². The van der Waals surface area contributed by atoms with Gasteiger partial charge < -0.3 is 19.7 Å². The third-order valence-corrected chi connectivity index (χ3v) is 4.44. The summed E-state index contributed by atoms with van der Waals surface area (Å²) in [6.07, 6.45) is 3.17. The van der Waals surface area contributed by atoms with Gasteiger partial charge in [-0.15, -0.1) is 0 Å². The van der Waals surface area contributed by atoms with Crippen molar-refractivity contribution >= 4 is 23.6 Å². The molecular weight excluding hydrogens is 380 g/mol. The summed E-state index contributed by atoms with van der Waals surface area (Å²) in [7, 11) is 0. The highest BCUT2D eigenvalue weighted by Crippen LogP contribution is 2.29. The van der Waals surface area contributed by atoms with E-state index in [0.29, 0.717) is 49.1 Å². The highest BCUT2D eigenvalue weighted by molar-refractivity contribution is 6.02. The van der Waals surface area contributed by atoms with Gasteiger partial charge in [0.2, 0.25) is 5.91 Å². The van der Waals surface area contributed by atoms with Gasteiger partial charge in [-0.05, 0) is 75.7 Å². The Morgan fingerprint density at radius 1 is 0.900 bits per heavy atom. The first-order valence-corrected chi connectivity index (χ1v) is 10.3. The van der Waals surface area contributed by atoms with Crippen molar-refractivity contribution in [2.24, 2.45) is 0 Å². The third-order valence-electron chi connectivity index (χ3n) is 4.44. The van der Waals surface area contributed by atoms with E-state index in [0.717, 1.165) is 5.56 Å². The van der Waals surface area contributed by atoms with Crippen molar-refractivity contribution in [3.63, 3.8) is 0 Å². The summed E-state index contributed by atoms with van der Waals surface area (Å²) < 4.78 is 11.2. The van der Waals surface area contributed by atoms with Gasteiger partial charge in [0, 0.05) is 30.4 Å². The van der Waals surface area contributed by atoms with Crippen molar-refractivity contribution in [1.82, 2.24) is 4.90 Å². The minimum Gasteiger partial charge on any atom is -0.490 e. The lowest BCUT2D eigenvalue weighted by molar-refractivity contribution is -0.111. The van der Waals surface area contributed by atoms with E-state index in [9.17, 15) is 9.59 Å².